The van der Waals surface area contributed by atoms with Gasteiger partial charge < -0.3 is 37.1 Å². The lowest BCUT2D eigenvalue weighted by Gasteiger charge is -2.26. The van der Waals surface area contributed by atoms with Gasteiger partial charge in [-0.1, -0.05) is 13.8 Å². The number of hydrogen-bond donors (Lipinski definition) is 3. The van der Waals surface area contributed by atoms with Gasteiger partial charge in [-0.3, -0.25) is 29.0 Å². The van der Waals surface area contributed by atoms with Gasteiger partial charge in [0.15, 0.2) is 29.2 Å². The number of ether oxygens (including phenoxy) is 1. The van der Waals surface area contributed by atoms with Crippen LogP contribution in [0.15, 0.2) is 23.6 Å². The first-order chi connectivity index (χ1) is 23.8. The molecule has 6 rings (SSSR count). The summed E-state index contributed by atoms with van der Waals surface area (Å²) in [4.78, 5) is 63.5. The Kier molecular flexibility index (Phi) is 10.8. The first-order valence-corrected chi connectivity index (χ1v) is 20.2. The number of imidazole rings is 2. The highest BCUT2D eigenvalue weighted by Gasteiger charge is 2.50. The number of fused-ring (bicyclic) bond motifs is 6. The summed E-state index contributed by atoms with van der Waals surface area (Å²) in [6.45, 7) is 3.18. The van der Waals surface area contributed by atoms with Gasteiger partial charge >= 0.3 is 13.4 Å². The number of rotatable bonds is 6. The average Bonchev–Trinajstić information content (AvgIpc) is 3.75. The van der Waals surface area contributed by atoms with Crippen LogP contribution in [0, 0.1) is 12.5 Å². The van der Waals surface area contributed by atoms with Crippen LogP contribution in [-0.4, -0.2) is 94.6 Å². The average molecular weight is 773 g/mol. The van der Waals surface area contributed by atoms with Crippen molar-refractivity contribution in [1.82, 2.24) is 39.0 Å². The zero-order valence-electron chi connectivity index (χ0n) is 26.6. The van der Waals surface area contributed by atoms with Crippen LogP contribution in [-0.2, 0) is 62.4 Å². The third-order valence-corrected chi connectivity index (χ3v) is 11.5. The van der Waals surface area contributed by atoms with Crippen LogP contribution < -0.4 is 10.9 Å². The summed E-state index contributed by atoms with van der Waals surface area (Å²) in [6.07, 6.45) is -2.56. The molecule has 1 fully saturated rings. The van der Waals surface area contributed by atoms with Crippen molar-refractivity contribution in [2.75, 3.05) is 31.7 Å². The molecule has 0 aliphatic carbocycles. The van der Waals surface area contributed by atoms with Crippen molar-refractivity contribution in [3.05, 3.63) is 46.4 Å². The first-order valence-electron chi connectivity index (χ1n) is 15.1. The summed E-state index contributed by atoms with van der Waals surface area (Å²) in [5.74, 6) is -0.775. The van der Waals surface area contributed by atoms with Gasteiger partial charge in [0.1, 0.15) is 43.1 Å². The molecule has 268 valence electrons. The van der Waals surface area contributed by atoms with E-state index in [0.29, 0.717) is 11.2 Å². The van der Waals surface area contributed by atoms with E-state index >= 15 is 4.39 Å². The van der Waals surface area contributed by atoms with Crippen molar-refractivity contribution in [1.29, 1.82) is 0 Å². The molecule has 24 heteroatoms. The Morgan fingerprint density at radius 2 is 2.04 bits per heavy atom. The lowest BCUT2D eigenvalue weighted by molar-refractivity contribution is -0.118. The second-order valence-electron chi connectivity index (χ2n) is 11.4. The molecule has 0 aromatic carbocycles. The number of hydrogen-bond acceptors (Lipinski definition) is 15. The van der Waals surface area contributed by atoms with E-state index in [1.165, 1.54) is 23.4 Å². The molecule has 2 bridgehead atoms. The molecule has 19 nitrogen and oxygen atoms in total. The molecule has 1 amide bonds. The predicted molar refractivity (Wildman–Crippen MR) is 180 cm³/mol. The number of carbonyl (C=O) groups is 1. The molecular formula is C26H31FN10O9P2S2. The van der Waals surface area contributed by atoms with Gasteiger partial charge in [-0.2, -0.15) is 4.98 Å². The molecule has 3 N–H and O–H groups in total. The smallest absolute Gasteiger partial charge is 0.327 e. The predicted octanol–water partition coefficient (Wildman–Crippen LogP) is 2.68. The number of amides is 1. The summed E-state index contributed by atoms with van der Waals surface area (Å²) in [5, 5.41) is 2.51. The van der Waals surface area contributed by atoms with Crippen molar-refractivity contribution in [2.24, 2.45) is 5.92 Å². The Bertz CT molecular complexity index is 2110. The van der Waals surface area contributed by atoms with Gasteiger partial charge in [0, 0.05) is 5.92 Å². The lowest BCUT2D eigenvalue weighted by atomic mass is 10.1. The number of aromatic nitrogens is 8. The Morgan fingerprint density at radius 3 is 2.80 bits per heavy atom. The maximum Gasteiger partial charge on any atom is 0.327 e. The molecule has 0 spiro atoms. The zero-order valence-corrected chi connectivity index (χ0v) is 30.0. The van der Waals surface area contributed by atoms with E-state index in [9.17, 15) is 14.5 Å². The number of aromatic amines is 1. The maximum atomic E-state index is 16.4. The van der Waals surface area contributed by atoms with E-state index in [1.54, 1.807) is 25.3 Å². The van der Waals surface area contributed by atoms with E-state index in [4.69, 9.17) is 57.5 Å². The molecule has 6 heterocycles. The molecule has 4 aromatic heterocycles. The van der Waals surface area contributed by atoms with Crippen molar-refractivity contribution in [3.63, 3.8) is 0 Å². The van der Waals surface area contributed by atoms with Crippen LogP contribution in [0.3, 0.4) is 0 Å². The number of H-pyrrole nitrogens is 1. The van der Waals surface area contributed by atoms with Crippen molar-refractivity contribution in [2.45, 2.75) is 58.0 Å². The third kappa shape index (κ3) is 7.68. The summed E-state index contributed by atoms with van der Waals surface area (Å²) >= 11 is 11.0. The van der Waals surface area contributed by atoms with Crippen LogP contribution in [0.25, 0.3) is 27.2 Å². The standard InChI is InChI=1S/C26H31FN10O9P2S2/c1-13(2)23(38)34-26-33-22-19(24(39)35-26)31-12-36(22)25-20-18(27)16(45-25)9-44-48(50,41-6-5-28-4)43-8-14(3)37-17(10-42-47(40,49)46-20)32-15-7-29-11-30-21(15)37/h7,11-14,16,18,20,25H,5-6,8-10H2,1-3H3,(H,40,49)(H2,33,34,35,38,39)/t14-,16+,18+,20+,25+,47?,48?/m0/s1. The highest BCUT2D eigenvalue weighted by atomic mass is 32.5. The Labute approximate surface area is 293 Å². The number of anilines is 1. The van der Waals surface area contributed by atoms with Gasteiger partial charge in [0.25, 0.3) is 5.56 Å². The van der Waals surface area contributed by atoms with Gasteiger partial charge in [-0.25, -0.2) is 30.9 Å². The normalized spacial score (nSPS) is 29.3. The summed E-state index contributed by atoms with van der Waals surface area (Å²) < 4.78 is 54.5. The van der Waals surface area contributed by atoms with Crippen molar-refractivity contribution >= 4 is 71.2 Å². The highest BCUT2D eigenvalue weighted by Crippen LogP contribution is 2.54. The minimum Gasteiger partial charge on any atom is -0.346 e. The molecule has 0 saturated carbocycles. The third-order valence-electron chi connectivity index (χ3n) is 7.54. The summed E-state index contributed by atoms with van der Waals surface area (Å²) in [5.41, 5.74) is -0.114. The molecule has 50 heavy (non-hydrogen) atoms. The summed E-state index contributed by atoms with van der Waals surface area (Å²) in [6, 6.07) is -0.502. The number of nitrogens with one attached hydrogen (secondary N) is 2. The highest BCUT2D eigenvalue weighted by molar-refractivity contribution is 8.07. The Morgan fingerprint density at radius 1 is 1.26 bits per heavy atom. The number of halogens is 1. The maximum absolute atomic E-state index is 16.4. The molecule has 7 atom stereocenters. The Balaban J connectivity index is 1.39. The van der Waals surface area contributed by atoms with Crippen molar-refractivity contribution < 1.29 is 41.4 Å². The minimum absolute atomic E-state index is 0.0323. The molecule has 1 saturated heterocycles. The van der Waals surface area contributed by atoms with E-state index in [2.05, 4.69) is 40.1 Å². The van der Waals surface area contributed by atoms with Crippen LogP contribution in [0.5, 0.6) is 0 Å². The van der Waals surface area contributed by atoms with Crippen LogP contribution in [0.1, 0.15) is 38.9 Å². The van der Waals surface area contributed by atoms with E-state index < -0.39 is 68.1 Å². The van der Waals surface area contributed by atoms with E-state index in [0.717, 1.165) is 0 Å². The molecule has 2 unspecified atom stereocenters. The van der Waals surface area contributed by atoms with Gasteiger partial charge in [0.05, 0.1) is 31.8 Å². The topological polar surface area (TPSA) is 216 Å². The minimum atomic E-state index is -4.26. The monoisotopic (exact) mass is 772 g/mol. The SMILES string of the molecule is [C-]#[N+]CCOP1(=S)OC[C@H]2O[C@@H](n3cnc4c(=O)[nH]c(NC(=O)C(C)C)nc43)[C@H](OP(O)(=S)OCc3nc4cncnc4n3[C@@H](C)CO1)[C@@H]2F. The quantitative estimate of drug-likeness (QED) is 0.146. The largest absolute Gasteiger partial charge is 0.346 e. The van der Waals surface area contributed by atoms with Gasteiger partial charge in [0.2, 0.25) is 18.4 Å². The van der Waals surface area contributed by atoms with Gasteiger partial charge in [-0.15, -0.1) is 0 Å². The summed E-state index contributed by atoms with van der Waals surface area (Å²) in [7, 11) is 0. The second-order valence-corrected chi connectivity index (χ2v) is 17.2. The van der Waals surface area contributed by atoms with Crippen LogP contribution >= 0.6 is 13.4 Å². The fourth-order valence-electron chi connectivity index (χ4n) is 5.13. The molecule has 2 aliphatic heterocycles. The van der Waals surface area contributed by atoms with E-state index in [1.807, 2.05) is 0 Å². The first kappa shape index (κ1) is 36.6. The molecular weight excluding hydrogens is 741 g/mol. The number of alkyl halides is 1. The second kappa shape index (κ2) is 14.8. The lowest BCUT2D eigenvalue weighted by Crippen LogP contribution is -2.32. The van der Waals surface area contributed by atoms with Gasteiger partial charge in [-0.05, 0) is 30.5 Å². The zero-order chi connectivity index (χ0) is 35.8. The Hall–Kier alpha value is -3.19. The molecule has 2 aliphatic rings. The van der Waals surface area contributed by atoms with E-state index in [-0.39, 0.29) is 49.3 Å². The fourth-order valence-corrected chi connectivity index (χ4v) is 8.30. The molecule has 4 aromatic rings. The van der Waals surface area contributed by atoms with Crippen molar-refractivity contribution in [3.8, 4) is 0 Å². The molecule has 0 radical (unpaired) electrons. The number of carbonyl (C=O) groups excluding carboxylic acids is 1. The van der Waals surface area contributed by atoms with Crippen LogP contribution in [0.4, 0.5) is 10.3 Å². The number of nitrogens with zero attached hydrogens (tertiary/aromatic N) is 8. The fraction of sp³-hybridized carbons (Fsp3) is 0.538. The van der Waals surface area contributed by atoms with Crippen LogP contribution in [0.2, 0.25) is 0 Å².